The molecule has 1 heterocycles. The summed E-state index contributed by atoms with van der Waals surface area (Å²) in [6.07, 6.45) is -3.72. The van der Waals surface area contributed by atoms with Crippen molar-refractivity contribution in [3.8, 4) is 0 Å². The summed E-state index contributed by atoms with van der Waals surface area (Å²) in [5, 5.41) is 0. The molecule has 0 saturated heterocycles. The third-order valence-electron chi connectivity index (χ3n) is 3.02. The maximum atomic E-state index is 12.7. The molecule has 0 bridgehead atoms. The van der Waals surface area contributed by atoms with Crippen molar-refractivity contribution in [3.63, 3.8) is 0 Å². The number of hydrogen-bond donors (Lipinski definition) is 1. The maximum absolute atomic E-state index is 12.7. The molecule has 0 amide bonds. The first-order chi connectivity index (χ1) is 8.68. The predicted octanol–water partition coefficient (Wildman–Crippen LogP) is 2.97. The molecule has 0 aliphatic heterocycles. The molecule has 7 heteroatoms. The van der Waals surface area contributed by atoms with Gasteiger partial charge >= 0.3 is 6.18 Å². The summed E-state index contributed by atoms with van der Waals surface area (Å²) in [7, 11) is 1.68. The van der Waals surface area contributed by atoms with Gasteiger partial charge in [-0.05, 0) is 25.5 Å². The van der Waals surface area contributed by atoms with Crippen LogP contribution < -0.4 is 10.6 Å². The molecule has 1 atom stereocenters. The summed E-state index contributed by atoms with van der Waals surface area (Å²) in [5.74, 6) is 0.164. The average molecular weight is 291 g/mol. The van der Waals surface area contributed by atoms with Gasteiger partial charge in [0.15, 0.2) is 0 Å². The Hall–Kier alpha value is -1.37. The van der Waals surface area contributed by atoms with Crippen molar-refractivity contribution in [2.45, 2.75) is 32.5 Å². The van der Waals surface area contributed by atoms with Crippen LogP contribution >= 0.6 is 12.2 Å². The van der Waals surface area contributed by atoms with Crippen molar-refractivity contribution in [2.24, 2.45) is 5.73 Å². The molecule has 1 aromatic rings. The van der Waals surface area contributed by atoms with Gasteiger partial charge in [-0.25, -0.2) is 4.98 Å². The minimum Gasteiger partial charge on any atom is -0.389 e. The van der Waals surface area contributed by atoms with Crippen LogP contribution in [0.4, 0.5) is 19.0 Å². The highest BCUT2D eigenvalue weighted by atomic mass is 32.1. The third-order valence-corrected chi connectivity index (χ3v) is 3.24. The number of nitrogens with zero attached hydrogens (tertiary/aromatic N) is 2. The molecule has 3 nitrogen and oxygen atoms in total. The fraction of sp³-hybridized carbons (Fsp3) is 0.500. The van der Waals surface area contributed by atoms with Crippen molar-refractivity contribution in [1.29, 1.82) is 0 Å². The van der Waals surface area contributed by atoms with Crippen LogP contribution in [-0.4, -0.2) is 23.1 Å². The molecular formula is C12H16F3N3S. The highest BCUT2D eigenvalue weighted by molar-refractivity contribution is 7.80. The number of thiocarbonyl (C=S) groups is 1. The fourth-order valence-electron chi connectivity index (χ4n) is 1.55. The normalized spacial score (nSPS) is 13.2. The first-order valence-corrected chi connectivity index (χ1v) is 6.20. The first-order valence-electron chi connectivity index (χ1n) is 5.79. The van der Waals surface area contributed by atoms with Crippen LogP contribution in [0.3, 0.4) is 0 Å². The van der Waals surface area contributed by atoms with Crippen molar-refractivity contribution in [2.75, 3.05) is 11.9 Å². The van der Waals surface area contributed by atoms with Gasteiger partial charge in [0.2, 0.25) is 0 Å². The second-order valence-electron chi connectivity index (χ2n) is 4.30. The van der Waals surface area contributed by atoms with Crippen molar-refractivity contribution >= 4 is 23.0 Å². The maximum Gasteiger partial charge on any atom is 0.433 e. The van der Waals surface area contributed by atoms with Gasteiger partial charge in [0.05, 0.1) is 5.56 Å². The lowest BCUT2D eigenvalue weighted by atomic mass is 10.1. The molecule has 0 aromatic carbocycles. The Bertz CT molecular complexity index is 474. The molecule has 0 aliphatic carbocycles. The largest absolute Gasteiger partial charge is 0.433 e. The molecule has 0 radical (unpaired) electrons. The van der Waals surface area contributed by atoms with E-state index in [1.807, 2.05) is 13.8 Å². The molecule has 1 aromatic heterocycles. The van der Waals surface area contributed by atoms with Gasteiger partial charge in [0.1, 0.15) is 16.5 Å². The number of hydrogen-bond acceptors (Lipinski definition) is 3. The first kappa shape index (κ1) is 15.7. The Morgan fingerprint density at radius 1 is 1.47 bits per heavy atom. The SMILES string of the molecule is CCC(C)N(C)c1nc(C(F)(F)F)ccc1C(N)=S. The second-order valence-corrected chi connectivity index (χ2v) is 4.74. The van der Waals surface area contributed by atoms with Crippen molar-refractivity contribution < 1.29 is 13.2 Å². The summed E-state index contributed by atoms with van der Waals surface area (Å²) in [4.78, 5) is 5.36. The fourth-order valence-corrected chi connectivity index (χ4v) is 1.71. The summed E-state index contributed by atoms with van der Waals surface area (Å²) in [6.45, 7) is 3.83. The van der Waals surface area contributed by atoms with Crippen LogP contribution in [0.2, 0.25) is 0 Å². The van der Waals surface area contributed by atoms with Crippen LogP contribution in [0.15, 0.2) is 12.1 Å². The highest BCUT2D eigenvalue weighted by Crippen LogP contribution is 2.31. The van der Waals surface area contributed by atoms with Crippen molar-refractivity contribution in [3.05, 3.63) is 23.4 Å². The van der Waals surface area contributed by atoms with Crippen LogP contribution in [-0.2, 0) is 6.18 Å². The highest BCUT2D eigenvalue weighted by Gasteiger charge is 2.33. The molecule has 0 spiro atoms. The van der Waals surface area contributed by atoms with Gasteiger partial charge in [-0.3, -0.25) is 0 Å². The molecule has 0 aliphatic rings. The number of pyridine rings is 1. The number of halogens is 3. The molecular weight excluding hydrogens is 275 g/mol. The molecule has 2 N–H and O–H groups in total. The van der Waals surface area contributed by atoms with E-state index in [1.54, 1.807) is 11.9 Å². The van der Waals surface area contributed by atoms with Gasteiger partial charge in [-0.2, -0.15) is 13.2 Å². The number of aromatic nitrogens is 1. The Morgan fingerprint density at radius 2 is 2.05 bits per heavy atom. The van der Waals surface area contributed by atoms with E-state index in [2.05, 4.69) is 4.98 Å². The smallest absolute Gasteiger partial charge is 0.389 e. The Balaban J connectivity index is 3.35. The van der Waals surface area contributed by atoms with Crippen LogP contribution in [0.5, 0.6) is 0 Å². The summed E-state index contributed by atoms with van der Waals surface area (Å²) >= 11 is 4.86. The molecule has 1 rings (SSSR count). The summed E-state index contributed by atoms with van der Waals surface area (Å²) < 4.78 is 38.1. The molecule has 0 fully saturated rings. The molecule has 106 valence electrons. The second kappa shape index (κ2) is 5.73. The molecule has 0 saturated carbocycles. The molecule has 1 unspecified atom stereocenters. The van der Waals surface area contributed by atoms with E-state index in [-0.39, 0.29) is 16.8 Å². The predicted molar refractivity (Wildman–Crippen MR) is 73.3 cm³/mol. The Labute approximate surface area is 115 Å². The summed E-state index contributed by atoms with van der Waals surface area (Å²) in [5.41, 5.74) is 4.94. The van der Waals surface area contributed by atoms with Crippen LogP contribution in [0.1, 0.15) is 31.5 Å². The minimum atomic E-state index is -4.49. The average Bonchev–Trinajstić information content (AvgIpc) is 2.34. The lowest BCUT2D eigenvalue weighted by Gasteiger charge is -2.27. The van der Waals surface area contributed by atoms with E-state index in [0.717, 1.165) is 12.5 Å². The van der Waals surface area contributed by atoms with E-state index in [1.165, 1.54) is 6.07 Å². The summed E-state index contributed by atoms with van der Waals surface area (Å²) in [6, 6.07) is 2.19. The third kappa shape index (κ3) is 3.56. The zero-order valence-electron chi connectivity index (χ0n) is 11.0. The van der Waals surface area contributed by atoms with Crippen LogP contribution in [0.25, 0.3) is 0 Å². The monoisotopic (exact) mass is 291 g/mol. The zero-order chi connectivity index (χ0) is 14.8. The van der Waals surface area contributed by atoms with Crippen molar-refractivity contribution in [1.82, 2.24) is 4.98 Å². The van der Waals surface area contributed by atoms with Gasteiger partial charge in [-0.1, -0.05) is 19.1 Å². The topological polar surface area (TPSA) is 42.2 Å². The zero-order valence-corrected chi connectivity index (χ0v) is 11.8. The Kier molecular flexibility index (Phi) is 4.73. The number of alkyl halides is 3. The van der Waals surface area contributed by atoms with E-state index in [9.17, 15) is 13.2 Å². The van der Waals surface area contributed by atoms with Gasteiger partial charge in [0, 0.05) is 13.1 Å². The minimum absolute atomic E-state index is 0.0316. The van der Waals surface area contributed by atoms with E-state index < -0.39 is 11.9 Å². The number of rotatable bonds is 4. The van der Waals surface area contributed by atoms with E-state index in [0.29, 0.717) is 5.56 Å². The van der Waals surface area contributed by atoms with Crippen LogP contribution in [0, 0.1) is 0 Å². The number of nitrogens with two attached hydrogens (primary N) is 1. The standard InChI is InChI=1S/C12H16F3N3S/c1-4-7(2)18(3)11-8(10(16)19)5-6-9(17-11)12(13,14)15/h5-7H,4H2,1-3H3,(H2,16,19). The Morgan fingerprint density at radius 3 is 2.47 bits per heavy atom. The van der Waals surface area contributed by atoms with Gasteiger partial charge in [0.25, 0.3) is 0 Å². The lowest BCUT2D eigenvalue weighted by molar-refractivity contribution is -0.141. The van der Waals surface area contributed by atoms with Gasteiger partial charge < -0.3 is 10.6 Å². The number of anilines is 1. The van der Waals surface area contributed by atoms with E-state index >= 15 is 0 Å². The molecule has 19 heavy (non-hydrogen) atoms. The lowest BCUT2D eigenvalue weighted by Crippen LogP contribution is -2.32. The van der Waals surface area contributed by atoms with E-state index in [4.69, 9.17) is 18.0 Å². The van der Waals surface area contributed by atoms with Gasteiger partial charge in [-0.15, -0.1) is 0 Å². The quantitative estimate of drug-likeness (QED) is 0.866.